The Morgan fingerprint density at radius 1 is 1.10 bits per heavy atom. The van der Waals surface area contributed by atoms with Crippen LogP contribution in [0.3, 0.4) is 0 Å². The van der Waals surface area contributed by atoms with Crippen LogP contribution in [0.5, 0.6) is 0 Å². The number of H-pyrrole nitrogens is 1. The lowest BCUT2D eigenvalue weighted by atomic mass is 10.1. The molecule has 0 aliphatic heterocycles. The standard InChI is InChI=1S/C16H12ClN3/c17-14-3-1-2-12(8-14)9-19-15-6-4-13(5-7-15)16-10-18-11-20-16/h1-11H,(H,18,20). The molecule has 98 valence electrons. The Kier molecular flexibility index (Phi) is 3.61. The van der Waals surface area contributed by atoms with Crippen molar-refractivity contribution in [1.29, 1.82) is 0 Å². The minimum atomic E-state index is 0.712. The minimum Gasteiger partial charge on any atom is -0.345 e. The number of aliphatic imine (C=N–C) groups is 1. The fourth-order valence-electron chi connectivity index (χ4n) is 1.88. The van der Waals surface area contributed by atoms with Crippen LogP contribution in [0.1, 0.15) is 5.56 Å². The molecule has 0 spiro atoms. The Balaban J connectivity index is 1.78. The number of aromatic nitrogens is 2. The van der Waals surface area contributed by atoms with Gasteiger partial charge in [0.25, 0.3) is 0 Å². The van der Waals surface area contributed by atoms with Crippen LogP contribution in [0.25, 0.3) is 11.3 Å². The molecule has 1 heterocycles. The zero-order valence-corrected chi connectivity index (χ0v) is 11.4. The third-order valence-electron chi connectivity index (χ3n) is 2.89. The van der Waals surface area contributed by atoms with E-state index in [4.69, 9.17) is 11.6 Å². The number of imidazole rings is 1. The van der Waals surface area contributed by atoms with Crippen LogP contribution in [0, 0.1) is 0 Å². The second-order valence-electron chi connectivity index (χ2n) is 4.33. The second kappa shape index (κ2) is 5.72. The molecular weight excluding hydrogens is 270 g/mol. The first-order chi connectivity index (χ1) is 9.81. The summed E-state index contributed by atoms with van der Waals surface area (Å²) in [7, 11) is 0. The second-order valence-corrected chi connectivity index (χ2v) is 4.76. The number of hydrogen-bond acceptors (Lipinski definition) is 2. The predicted molar refractivity (Wildman–Crippen MR) is 82.7 cm³/mol. The van der Waals surface area contributed by atoms with Crippen molar-refractivity contribution in [3.8, 4) is 11.3 Å². The summed E-state index contributed by atoms with van der Waals surface area (Å²) in [5.74, 6) is 0. The molecule has 3 nitrogen and oxygen atoms in total. The van der Waals surface area contributed by atoms with E-state index in [-0.39, 0.29) is 0 Å². The average molecular weight is 282 g/mol. The van der Waals surface area contributed by atoms with Gasteiger partial charge in [0.1, 0.15) is 0 Å². The summed E-state index contributed by atoms with van der Waals surface area (Å²) < 4.78 is 0. The number of nitrogens with one attached hydrogen (secondary N) is 1. The van der Waals surface area contributed by atoms with E-state index in [0.29, 0.717) is 5.02 Å². The van der Waals surface area contributed by atoms with Gasteiger partial charge in [-0.15, -0.1) is 0 Å². The first-order valence-corrected chi connectivity index (χ1v) is 6.57. The highest BCUT2D eigenvalue weighted by molar-refractivity contribution is 6.30. The molecule has 0 saturated heterocycles. The van der Waals surface area contributed by atoms with Gasteiger partial charge in [0.05, 0.1) is 23.9 Å². The summed E-state index contributed by atoms with van der Waals surface area (Å²) in [6, 6.07) is 15.6. The zero-order chi connectivity index (χ0) is 13.8. The molecule has 3 aromatic rings. The third kappa shape index (κ3) is 2.95. The van der Waals surface area contributed by atoms with Gasteiger partial charge in [-0.2, -0.15) is 0 Å². The molecule has 0 bridgehead atoms. The Hall–Kier alpha value is -2.39. The van der Waals surface area contributed by atoms with Crippen molar-refractivity contribution < 1.29 is 0 Å². The molecule has 0 atom stereocenters. The van der Waals surface area contributed by atoms with Crippen molar-refractivity contribution in [1.82, 2.24) is 9.97 Å². The molecule has 20 heavy (non-hydrogen) atoms. The van der Waals surface area contributed by atoms with E-state index >= 15 is 0 Å². The van der Waals surface area contributed by atoms with Crippen molar-refractivity contribution in [2.75, 3.05) is 0 Å². The van der Waals surface area contributed by atoms with E-state index in [1.165, 1.54) is 0 Å². The summed E-state index contributed by atoms with van der Waals surface area (Å²) in [5.41, 5.74) is 3.96. The Bertz CT molecular complexity index is 716. The van der Waals surface area contributed by atoms with Crippen molar-refractivity contribution in [3.63, 3.8) is 0 Å². The molecule has 0 radical (unpaired) electrons. The molecular formula is C16H12ClN3. The Morgan fingerprint density at radius 3 is 2.65 bits per heavy atom. The van der Waals surface area contributed by atoms with E-state index in [0.717, 1.165) is 22.5 Å². The highest BCUT2D eigenvalue weighted by atomic mass is 35.5. The van der Waals surface area contributed by atoms with Gasteiger partial charge in [0.15, 0.2) is 0 Å². The van der Waals surface area contributed by atoms with Crippen LogP contribution in [-0.4, -0.2) is 16.2 Å². The quantitative estimate of drug-likeness (QED) is 0.707. The Morgan fingerprint density at radius 2 is 1.95 bits per heavy atom. The number of halogens is 1. The van der Waals surface area contributed by atoms with Crippen molar-refractivity contribution in [2.45, 2.75) is 0 Å². The van der Waals surface area contributed by atoms with E-state index in [1.54, 1.807) is 18.7 Å². The molecule has 1 aromatic heterocycles. The highest BCUT2D eigenvalue weighted by Gasteiger charge is 1.98. The van der Waals surface area contributed by atoms with Gasteiger partial charge in [0, 0.05) is 11.2 Å². The van der Waals surface area contributed by atoms with Gasteiger partial charge in [0.2, 0.25) is 0 Å². The van der Waals surface area contributed by atoms with Gasteiger partial charge in [-0.25, -0.2) is 4.98 Å². The molecule has 0 saturated carbocycles. The fraction of sp³-hybridized carbons (Fsp3) is 0. The van der Waals surface area contributed by atoms with Gasteiger partial charge in [-0.05, 0) is 35.4 Å². The first-order valence-electron chi connectivity index (χ1n) is 6.20. The molecule has 4 heteroatoms. The number of nitrogens with zero attached hydrogens (tertiary/aromatic N) is 2. The van der Waals surface area contributed by atoms with Gasteiger partial charge >= 0.3 is 0 Å². The highest BCUT2D eigenvalue weighted by Crippen LogP contribution is 2.20. The van der Waals surface area contributed by atoms with Gasteiger partial charge in [-0.1, -0.05) is 35.9 Å². The van der Waals surface area contributed by atoms with E-state index in [1.807, 2.05) is 48.5 Å². The lowest BCUT2D eigenvalue weighted by Crippen LogP contribution is -1.80. The maximum absolute atomic E-state index is 5.93. The topological polar surface area (TPSA) is 41.0 Å². The van der Waals surface area contributed by atoms with E-state index in [9.17, 15) is 0 Å². The fourth-order valence-corrected chi connectivity index (χ4v) is 2.08. The normalized spacial score (nSPS) is 11.1. The summed E-state index contributed by atoms with van der Waals surface area (Å²) in [6.45, 7) is 0. The molecule has 0 amide bonds. The number of hydrogen-bond donors (Lipinski definition) is 1. The number of rotatable bonds is 3. The van der Waals surface area contributed by atoms with Crippen molar-refractivity contribution in [2.24, 2.45) is 4.99 Å². The van der Waals surface area contributed by atoms with E-state index < -0.39 is 0 Å². The summed E-state index contributed by atoms with van der Waals surface area (Å²) in [4.78, 5) is 11.5. The molecule has 0 aliphatic rings. The smallest absolute Gasteiger partial charge is 0.0924 e. The molecule has 1 N–H and O–H groups in total. The Labute approximate surface area is 122 Å². The number of aromatic amines is 1. The number of benzene rings is 2. The van der Waals surface area contributed by atoms with Crippen LogP contribution in [0.4, 0.5) is 5.69 Å². The SMILES string of the molecule is Clc1cccc(C=Nc2ccc(-c3cnc[nH]3)cc2)c1. The van der Waals surface area contributed by atoms with Crippen molar-refractivity contribution in [3.05, 3.63) is 71.6 Å². The van der Waals surface area contributed by atoms with Crippen LogP contribution >= 0.6 is 11.6 Å². The minimum absolute atomic E-state index is 0.712. The molecule has 0 aliphatic carbocycles. The molecule has 3 rings (SSSR count). The summed E-state index contributed by atoms with van der Waals surface area (Å²) in [6.07, 6.45) is 5.27. The molecule has 0 fully saturated rings. The summed E-state index contributed by atoms with van der Waals surface area (Å²) in [5, 5.41) is 0.712. The van der Waals surface area contributed by atoms with Crippen LogP contribution in [0.2, 0.25) is 5.02 Å². The van der Waals surface area contributed by atoms with Crippen LogP contribution < -0.4 is 0 Å². The van der Waals surface area contributed by atoms with Gasteiger partial charge < -0.3 is 4.98 Å². The average Bonchev–Trinajstić information content (AvgIpc) is 3.00. The van der Waals surface area contributed by atoms with Gasteiger partial charge in [-0.3, -0.25) is 4.99 Å². The largest absolute Gasteiger partial charge is 0.345 e. The lowest BCUT2D eigenvalue weighted by molar-refractivity contribution is 1.31. The van der Waals surface area contributed by atoms with Crippen LogP contribution in [0.15, 0.2) is 66.0 Å². The lowest BCUT2D eigenvalue weighted by Gasteiger charge is -1.98. The molecule has 0 unspecified atom stereocenters. The zero-order valence-electron chi connectivity index (χ0n) is 10.6. The van der Waals surface area contributed by atoms with Crippen molar-refractivity contribution >= 4 is 23.5 Å². The summed E-state index contributed by atoms with van der Waals surface area (Å²) >= 11 is 5.93. The third-order valence-corrected chi connectivity index (χ3v) is 3.12. The van der Waals surface area contributed by atoms with E-state index in [2.05, 4.69) is 15.0 Å². The maximum Gasteiger partial charge on any atom is 0.0924 e. The predicted octanol–water partition coefficient (Wildman–Crippen LogP) is 4.48. The maximum atomic E-state index is 5.93. The molecule has 2 aromatic carbocycles. The van der Waals surface area contributed by atoms with Crippen LogP contribution in [-0.2, 0) is 0 Å². The monoisotopic (exact) mass is 281 g/mol. The first kappa shape index (κ1) is 12.6.